The Bertz CT molecular complexity index is 1140. The maximum Gasteiger partial charge on any atom is 0.232 e. The molecule has 0 aliphatic heterocycles. The van der Waals surface area contributed by atoms with E-state index in [2.05, 4.69) is 0 Å². The molecule has 4 rings (SSSR count). The fourth-order valence-electron chi connectivity index (χ4n) is 2.89. The SMILES string of the molecule is O=C(COc1c(C(=O)c2ccccc2)oc2ccccc12)c1ccc(F)cc1. The first-order valence-corrected chi connectivity index (χ1v) is 8.66. The number of benzene rings is 3. The van der Waals surface area contributed by atoms with Crippen LogP contribution in [-0.2, 0) is 0 Å². The molecule has 0 fully saturated rings. The Morgan fingerprint density at radius 3 is 2.25 bits per heavy atom. The van der Waals surface area contributed by atoms with Crippen molar-refractivity contribution in [3.05, 3.63) is 102 Å². The highest BCUT2D eigenvalue weighted by Crippen LogP contribution is 2.34. The average molecular weight is 374 g/mol. The van der Waals surface area contributed by atoms with E-state index in [1.54, 1.807) is 48.5 Å². The Labute approximate surface area is 160 Å². The molecular weight excluding hydrogens is 359 g/mol. The summed E-state index contributed by atoms with van der Waals surface area (Å²) in [5.41, 5.74) is 1.27. The van der Waals surface area contributed by atoms with Gasteiger partial charge in [-0.05, 0) is 36.4 Å². The maximum atomic E-state index is 13.0. The summed E-state index contributed by atoms with van der Waals surface area (Å²) in [6.07, 6.45) is 0. The first-order chi connectivity index (χ1) is 13.6. The summed E-state index contributed by atoms with van der Waals surface area (Å²) in [4.78, 5) is 25.3. The molecule has 0 spiro atoms. The number of ketones is 2. The molecule has 0 saturated carbocycles. The van der Waals surface area contributed by atoms with Crippen LogP contribution < -0.4 is 4.74 Å². The summed E-state index contributed by atoms with van der Waals surface area (Å²) < 4.78 is 24.5. The van der Waals surface area contributed by atoms with Crippen molar-refractivity contribution >= 4 is 22.5 Å². The minimum absolute atomic E-state index is 0.0410. The number of ether oxygens (including phenoxy) is 1. The number of hydrogen-bond acceptors (Lipinski definition) is 4. The lowest BCUT2D eigenvalue weighted by molar-refractivity contribution is 0.0912. The molecule has 0 unspecified atom stereocenters. The number of fused-ring (bicyclic) bond motifs is 1. The minimum Gasteiger partial charge on any atom is -0.481 e. The topological polar surface area (TPSA) is 56.5 Å². The van der Waals surface area contributed by atoms with Crippen LogP contribution in [0.1, 0.15) is 26.5 Å². The van der Waals surface area contributed by atoms with E-state index in [9.17, 15) is 14.0 Å². The van der Waals surface area contributed by atoms with Crippen LogP contribution in [0.5, 0.6) is 5.75 Å². The first kappa shape index (κ1) is 17.7. The molecule has 138 valence electrons. The van der Waals surface area contributed by atoms with Crippen molar-refractivity contribution < 1.29 is 23.1 Å². The second-order valence-electron chi connectivity index (χ2n) is 6.17. The number of para-hydroxylation sites is 1. The molecule has 4 nitrogen and oxygen atoms in total. The van der Waals surface area contributed by atoms with Gasteiger partial charge in [-0.3, -0.25) is 9.59 Å². The van der Waals surface area contributed by atoms with E-state index in [-0.39, 0.29) is 29.7 Å². The van der Waals surface area contributed by atoms with Crippen LogP contribution in [0.2, 0.25) is 0 Å². The van der Waals surface area contributed by atoms with Gasteiger partial charge in [0.2, 0.25) is 11.5 Å². The minimum atomic E-state index is -0.422. The van der Waals surface area contributed by atoms with Crippen molar-refractivity contribution in [3.8, 4) is 5.75 Å². The second kappa shape index (κ2) is 7.48. The molecule has 3 aromatic carbocycles. The van der Waals surface area contributed by atoms with Gasteiger partial charge in [-0.2, -0.15) is 0 Å². The van der Waals surface area contributed by atoms with Crippen molar-refractivity contribution in [3.63, 3.8) is 0 Å². The van der Waals surface area contributed by atoms with Gasteiger partial charge in [0.15, 0.2) is 18.1 Å². The van der Waals surface area contributed by atoms with Crippen molar-refractivity contribution in [1.29, 1.82) is 0 Å². The highest BCUT2D eigenvalue weighted by molar-refractivity contribution is 6.12. The molecule has 0 atom stereocenters. The molecular formula is C23H15FO4. The molecule has 0 radical (unpaired) electrons. The highest BCUT2D eigenvalue weighted by atomic mass is 19.1. The predicted molar refractivity (Wildman–Crippen MR) is 102 cm³/mol. The number of furan rings is 1. The van der Waals surface area contributed by atoms with E-state index in [1.807, 2.05) is 6.07 Å². The number of carbonyl (C=O) groups is 2. The van der Waals surface area contributed by atoms with E-state index >= 15 is 0 Å². The molecule has 5 heteroatoms. The smallest absolute Gasteiger partial charge is 0.232 e. The molecule has 0 saturated heterocycles. The third-order valence-corrected chi connectivity index (χ3v) is 4.31. The lowest BCUT2D eigenvalue weighted by atomic mass is 10.1. The molecule has 1 heterocycles. The van der Waals surface area contributed by atoms with E-state index in [4.69, 9.17) is 9.15 Å². The zero-order chi connectivity index (χ0) is 19.5. The van der Waals surface area contributed by atoms with Gasteiger partial charge in [-0.1, -0.05) is 42.5 Å². The summed E-state index contributed by atoms with van der Waals surface area (Å²) in [5.74, 6) is -0.822. The van der Waals surface area contributed by atoms with Crippen LogP contribution in [0.4, 0.5) is 4.39 Å². The number of carbonyl (C=O) groups excluding carboxylic acids is 2. The Morgan fingerprint density at radius 2 is 1.50 bits per heavy atom. The summed E-state index contributed by atoms with van der Waals surface area (Å²) in [7, 11) is 0. The molecule has 28 heavy (non-hydrogen) atoms. The second-order valence-corrected chi connectivity index (χ2v) is 6.17. The van der Waals surface area contributed by atoms with Gasteiger partial charge in [-0.25, -0.2) is 4.39 Å². The molecule has 1 aromatic heterocycles. The van der Waals surface area contributed by atoms with Gasteiger partial charge < -0.3 is 9.15 Å². The van der Waals surface area contributed by atoms with Crippen LogP contribution in [0.25, 0.3) is 11.0 Å². The van der Waals surface area contributed by atoms with Gasteiger partial charge in [0, 0.05) is 11.1 Å². The first-order valence-electron chi connectivity index (χ1n) is 8.66. The predicted octanol–water partition coefficient (Wildman–Crippen LogP) is 5.06. The van der Waals surface area contributed by atoms with E-state index in [1.165, 1.54) is 24.3 Å². The lowest BCUT2D eigenvalue weighted by Crippen LogP contribution is -2.13. The van der Waals surface area contributed by atoms with Crippen molar-refractivity contribution in [2.24, 2.45) is 0 Å². The van der Waals surface area contributed by atoms with Gasteiger partial charge in [-0.15, -0.1) is 0 Å². The zero-order valence-electron chi connectivity index (χ0n) is 14.7. The van der Waals surface area contributed by atoms with Crippen molar-refractivity contribution in [2.45, 2.75) is 0 Å². The zero-order valence-corrected chi connectivity index (χ0v) is 14.7. The molecule has 0 aliphatic carbocycles. The average Bonchev–Trinajstić information content (AvgIpc) is 3.11. The Morgan fingerprint density at radius 1 is 0.821 bits per heavy atom. The fourth-order valence-corrected chi connectivity index (χ4v) is 2.89. The largest absolute Gasteiger partial charge is 0.481 e. The van der Waals surface area contributed by atoms with Gasteiger partial charge in [0.1, 0.15) is 11.4 Å². The standard InChI is InChI=1S/C23H15FO4/c24-17-12-10-15(11-13-17)19(25)14-27-22-18-8-4-5-9-20(18)28-23(22)21(26)16-6-2-1-3-7-16/h1-13H,14H2. The third-order valence-electron chi connectivity index (χ3n) is 4.31. The van der Waals surface area contributed by atoms with E-state index in [0.29, 0.717) is 22.1 Å². The van der Waals surface area contributed by atoms with Gasteiger partial charge >= 0.3 is 0 Å². The maximum absolute atomic E-state index is 13.0. The molecule has 4 aromatic rings. The Kier molecular flexibility index (Phi) is 4.72. The summed E-state index contributed by atoms with van der Waals surface area (Å²) in [5, 5.41) is 0.605. The summed E-state index contributed by atoms with van der Waals surface area (Å²) in [6, 6.07) is 21.0. The van der Waals surface area contributed by atoms with Crippen molar-refractivity contribution in [1.82, 2.24) is 0 Å². The van der Waals surface area contributed by atoms with Gasteiger partial charge in [0.05, 0.1) is 5.39 Å². The number of rotatable bonds is 6. The van der Waals surface area contributed by atoms with Gasteiger partial charge in [0.25, 0.3) is 0 Å². The van der Waals surface area contributed by atoms with Crippen LogP contribution in [0, 0.1) is 5.82 Å². The highest BCUT2D eigenvalue weighted by Gasteiger charge is 2.24. The lowest BCUT2D eigenvalue weighted by Gasteiger charge is -2.06. The molecule has 0 amide bonds. The van der Waals surface area contributed by atoms with Crippen LogP contribution in [0.15, 0.2) is 83.3 Å². The third kappa shape index (κ3) is 3.42. The molecule has 0 bridgehead atoms. The van der Waals surface area contributed by atoms with Crippen LogP contribution >= 0.6 is 0 Å². The monoisotopic (exact) mass is 374 g/mol. The van der Waals surface area contributed by atoms with Crippen LogP contribution in [0.3, 0.4) is 0 Å². The number of halogens is 1. The quantitative estimate of drug-likeness (QED) is 0.443. The molecule has 0 N–H and O–H groups in total. The fraction of sp³-hybridized carbons (Fsp3) is 0.0435. The van der Waals surface area contributed by atoms with Crippen LogP contribution in [-0.4, -0.2) is 18.2 Å². The number of hydrogen-bond donors (Lipinski definition) is 0. The van der Waals surface area contributed by atoms with E-state index < -0.39 is 5.82 Å². The number of Topliss-reactive ketones (excluding diaryl/α,β-unsaturated/α-hetero) is 1. The van der Waals surface area contributed by atoms with E-state index in [0.717, 1.165) is 0 Å². The normalized spacial score (nSPS) is 10.8. The van der Waals surface area contributed by atoms with Crippen molar-refractivity contribution in [2.75, 3.05) is 6.61 Å². The summed E-state index contributed by atoms with van der Waals surface area (Å²) in [6.45, 7) is -0.301. The molecule has 0 aliphatic rings. The Balaban J connectivity index is 1.66. The summed E-state index contributed by atoms with van der Waals surface area (Å²) >= 11 is 0. The Hall–Kier alpha value is -3.73.